The summed E-state index contributed by atoms with van der Waals surface area (Å²) in [5, 5.41) is 9.19. The molecule has 1 atom stereocenters. The summed E-state index contributed by atoms with van der Waals surface area (Å²) in [4.78, 5) is 11.2. The fourth-order valence-electron chi connectivity index (χ4n) is 1.44. The van der Waals surface area contributed by atoms with Crippen LogP contribution in [0.3, 0.4) is 0 Å². The van der Waals surface area contributed by atoms with Crippen molar-refractivity contribution in [3.63, 3.8) is 0 Å². The number of carboxylic acids is 1. The fourth-order valence-corrected chi connectivity index (χ4v) is 1.83. The summed E-state index contributed by atoms with van der Waals surface area (Å²) in [6, 6.07) is 5.49. The lowest BCUT2D eigenvalue weighted by atomic mass is 9.84. The minimum absolute atomic E-state index is 0.365. The molecule has 0 aromatic heterocycles. The van der Waals surface area contributed by atoms with Gasteiger partial charge in [-0.3, -0.25) is 4.79 Å². The zero-order chi connectivity index (χ0) is 13.1. The number of rotatable bonds is 5. The van der Waals surface area contributed by atoms with Crippen molar-refractivity contribution in [2.75, 3.05) is 7.11 Å². The number of carbonyl (C=O) groups is 1. The predicted octanol–water partition coefficient (Wildman–Crippen LogP) is 3.28. The lowest BCUT2D eigenvalue weighted by molar-refractivity contribution is -0.145. The molecule has 1 aromatic rings. The van der Waals surface area contributed by atoms with Gasteiger partial charge in [0.05, 0.1) is 12.5 Å². The van der Waals surface area contributed by atoms with Crippen LogP contribution in [0.2, 0.25) is 0 Å². The highest BCUT2D eigenvalue weighted by Gasteiger charge is 2.30. The molecule has 0 radical (unpaired) electrons. The highest BCUT2D eigenvalue weighted by atomic mass is 79.9. The minimum atomic E-state index is -0.977. The summed E-state index contributed by atoms with van der Waals surface area (Å²) in [7, 11) is 1.58. The smallest absolute Gasteiger partial charge is 0.313 e. The van der Waals surface area contributed by atoms with Gasteiger partial charge in [0.1, 0.15) is 5.75 Å². The molecule has 0 amide bonds. The first-order valence-electron chi connectivity index (χ1n) is 5.12. The van der Waals surface area contributed by atoms with Crippen molar-refractivity contribution in [3.8, 4) is 5.75 Å². The van der Waals surface area contributed by atoms with E-state index in [9.17, 15) is 9.90 Å². The molecule has 17 heavy (non-hydrogen) atoms. The Morgan fingerprint density at radius 3 is 2.76 bits per heavy atom. The first-order valence-corrected chi connectivity index (χ1v) is 5.91. The van der Waals surface area contributed by atoms with E-state index in [0.717, 1.165) is 10.0 Å². The second kappa shape index (κ2) is 5.36. The Morgan fingerprint density at radius 1 is 1.65 bits per heavy atom. The highest BCUT2D eigenvalue weighted by molar-refractivity contribution is 9.10. The second-order valence-corrected chi connectivity index (χ2v) is 4.92. The van der Waals surface area contributed by atoms with E-state index in [2.05, 4.69) is 22.5 Å². The van der Waals surface area contributed by atoms with Crippen molar-refractivity contribution in [1.29, 1.82) is 0 Å². The Morgan fingerprint density at radius 2 is 2.29 bits per heavy atom. The van der Waals surface area contributed by atoms with Gasteiger partial charge >= 0.3 is 5.97 Å². The quantitative estimate of drug-likeness (QED) is 0.849. The van der Waals surface area contributed by atoms with Gasteiger partial charge in [-0.1, -0.05) is 22.0 Å². The molecule has 0 bridgehead atoms. The third kappa shape index (κ3) is 3.09. The van der Waals surface area contributed by atoms with E-state index in [1.807, 2.05) is 18.2 Å². The zero-order valence-electron chi connectivity index (χ0n) is 9.87. The Bertz CT molecular complexity index is 442. The van der Waals surface area contributed by atoms with Crippen LogP contribution in [0.25, 0.3) is 0 Å². The second-order valence-electron chi connectivity index (χ2n) is 4.06. The van der Waals surface area contributed by atoms with Crippen molar-refractivity contribution in [2.24, 2.45) is 5.41 Å². The number of benzene rings is 1. The molecule has 92 valence electrons. The van der Waals surface area contributed by atoms with Crippen LogP contribution in [-0.4, -0.2) is 18.2 Å². The predicted molar refractivity (Wildman–Crippen MR) is 70.3 cm³/mol. The number of hydrogen-bond acceptors (Lipinski definition) is 2. The van der Waals surface area contributed by atoms with Crippen LogP contribution in [0.4, 0.5) is 0 Å². The molecule has 1 aromatic carbocycles. The number of hydrogen-bond donors (Lipinski definition) is 1. The first kappa shape index (κ1) is 13.8. The van der Waals surface area contributed by atoms with Crippen LogP contribution in [0.15, 0.2) is 35.3 Å². The summed E-state index contributed by atoms with van der Waals surface area (Å²) >= 11 is 3.41. The van der Waals surface area contributed by atoms with E-state index < -0.39 is 11.4 Å². The van der Waals surface area contributed by atoms with Crippen LogP contribution in [0.1, 0.15) is 12.5 Å². The molecule has 1 unspecified atom stereocenters. The van der Waals surface area contributed by atoms with Crippen LogP contribution < -0.4 is 4.74 Å². The number of halogens is 1. The molecule has 3 nitrogen and oxygen atoms in total. The Balaban J connectivity index is 3.09. The van der Waals surface area contributed by atoms with Gasteiger partial charge in [0.2, 0.25) is 0 Å². The van der Waals surface area contributed by atoms with Gasteiger partial charge in [-0.05, 0) is 37.1 Å². The summed E-state index contributed by atoms with van der Waals surface area (Å²) in [5.41, 5.74) is -0.0938. The van der Waals surface area contributed by atoms with E-state index in [1.54, 1.807) is 14.0 Å². The summed E-state index contributed by atoms with van der Waals surface area (Å²) in [6.07, 6.45) is 1.82. The first-order chi connectivity index (χ1) is 7.92. The van der Waals surface area contributed by atoms with Gasteiger partial charge in [-0.15, -0.1) is 6.58 Å². The van der Waals surface area contributed by atoms with Crippen molar-refractivity contribution >= 4 is 21.9 Å². The average molecular weight is 299 g/mol. The lowest BCUT2D eigenvalue weighted by Gasteiger charge is -2.21. The molecule has 0 aliphatic rings. The summed E-state index contributed by atoms with van der Waals surface area (Å²) in [5.74, 6) is -0.178. The third-order valence-corrected chi connectivity index (χ3v) is 3.52. The Kier molecular flexibility index (Phi) is 4.34. The van der Waals surface area contributed by atoms with Crippen molar-refractivity contribution < 1.29 is 14.6 Å². The number of ether oxygens (including phenoxy) is 1. The van der Waals surface area contributed by atoms with Gasteiger partial charge in [0.15, 0.2) is 0 Å². The van der Waals surface area contributed by atoms with Crippen molar-refractivity contribution in [1.82, 2.24) is 0 Å². The standard InChI is InChI=1S/C13H15BrO3/c1-4-13(2,12(15)16)8-9-7-10(17-3)5-6-11(9)14/h4-7H,1,8H2,2-3H3,(H,15,16). The molecule has 0 heterocycles. The van der Waals surface area contributed by atoms with Crippen LogP contribution >= 0.6 is 15.9 Å². The minimum Gasteiger partial charge on any atom is -0.497 e. The Hall–Kier alpha value is -1.29. The molecular formula is C13H15BrO3. The monoisotopic (exact) mass is 298 g/mol. The normalized spacial score (nSPS) is 13.8. The van der Waals surface area contributed by atoms with Crippen molar-refractivity contribution in [3.05, 3.63) is 40.9 Å². The van der Waals surface area contributed by atoms with Crippen molar-refractivity contribution in [2.45, 2.75) is 13.3 Å². The topological polar surface area (TPSA) is 46.5 Å². The van der Waals surface area contributed by atoms with Gasteiger partial charge in [-0.25, -0.2) is 0 Å². The molecule has 0 aliphatic carbocycles. The van der Waals surface area contributed by atoms with E-state index in [1.165, 1.54) is 6.08 Å². The highest BCUT2D eigenvalue weighted by Crippen LogP contribution is 2.30. The molecule has 4 heteroatoms. The van der Waals surface area contributed by atoms with Crippen LogP contribution in [0.5, 0.6) is 5.75 Å². The number of aliphatic carboxylic acids is 1. The van der Waals surface area contributed by atoms with Gasteiger partial charge < -0.3 is 9.84 Å². The molecule has 0 saturated heterocycles. The van der Waals surface area contributed by atoms with Crippen LogP contribution in [-0.2, 0) is 11.2 Å². The largest absolute Gasteiger partial charge is 0.497 e. The van der Waals surface area contributed by atoms with Gasteiger partial charge in [0, 0.05) is 4.47 Å². The van der Waals surface area contributed by atoms with Gasteiger partial charge in [-0.2, -0.15) is 0 Å². The van der Waals surface area contributed by atoms with E-state index in [0.29, 0.717) is 12.2 Å². The van der Waals surface area contributed by atoms with E-state index >= 15 is 0 Å². The Labute approximate surface area is 109 Å². The lowest BCUT2D eigenvalue weighted by Crippen LogP contribution is -2.27. The maximum Gasteiger partial charge on any atom is 0.313 e. The SMILES string of the molecule is C=CC(C)(Cc1cc(OC)ccc1Br)C(=O)O. The molecule has 1 N–H and O–H groups in total. The molecular weight excluding hydrogens is 284 g/mol. The maximum atomic E-state index is 11.2. The number of carboxylic acid groups (broad SMARTS) is 1. The molecule has 0 spiro atoms. The average Bonchev–Trinajstić information content (AvgIpc) is 2.31. The summed E-state index contributed by atoms with van der Waals surface area (Å²) < 4.78 is 5.99. The summed E-state index contributed by atoms with van der Waals surface area (Å²) in [6.45, 7) is 5.24. The van der Waals surface area contributed by atoms with E-state index in [4.69, 9.17) is 4.74 Å². The van der Waals surface area contributed by atoms with Crippen LogP contribution in [0, 0.1) is 5.41 Å². The van der Waals surface area contributed by atoms with E-state index in [-0.39, 0.29) is 0 Å². The molecule has 0 fully saturated rings. The molecule has 1 rings (SSSR count). The molecule has 0 aliphatic heterocycles. The fraction of sp³-hybridized carbons (Fsp3) is 0.308. The zero-order valence-corrected chi connectivity index (χ0v) is 11.5. The van der Waals surface area contributed by atoms with Gasteiger partial charge in [0.25, 0.3) is 0 Å². The molecule has 0 saturated carbocycles. The maximum absolute atomic E-state index is 11.2. The third-order valence-electron chi connectivity index (χ3n) is 2.75. The number of methoxy groups -OCH3 is 1.